The molecule has 0 unspecified atom stereocenters. The average molecular weight is 367 g/mol. The van der Waals surface area contributed by atoms with E-state index < -0.39 is 0 Å². The number of fused-ring (bicyclic) bond motifs is 1. The Hall–Kier alpha value is -2.79. The summed E-state index contributed by atoms with van der Waals surface area (Å²) in [4.78, 5) is 4.85. The molecule has 5 heteroatoms. The first kappa shape index (κ1) is 19.0. The fourth-order valence-corrected chi connectivity index (χ4v) is 3.14. The highest BCUT2D eigenvalue weighted by Crippen LogP contribution is 2.39. The van der Waals surface area contributed by atoms with Gasteiger partial charge in [0.15, 0.2) is 11.5 Å². The lowest BCUT2D eigenvalue weighted by Crippen LogP contribution is -2.04. The maximum atomic E-state index is 5.72. The van der Waals surface area contributed by atoms with Crippen molar-refractivity contribution >= 4 is 10.9 Å². The maximum Gasteiger partial charge on any atom is 0.170 e. The number of pyridine rings is 1. The zero-order valence-corrected chi connectivity index (χ0v) is 16.5. The van der Waals surface area contributed by atoms with Crippen molar-refractivity contribution < 1.29 is 18.9 Å². The molecule has 0 spiro atoms. The number of aromatic nitrogens is 1. The normalized spacial score (nSPS) is 10.9. The second kappa shape index (κ2) is 8.27. The molecule has 0 saturated carbocycles. The molecule has 0 aliphatic rings. The molecule has 0 saturated heterocycles. The van der Waals surface area contributed by atoms with Crippen molar-refractivity contribution in [2.45, 2.75) is 13.8 Å². The van der Waals surface area contributed by atoms with E-state index in [2.05, 4.69) is 19.1 Å². The number of aryl methyl sites for hydroxylation is 2. The van der Waals surface area contributed by atoms with Crippen LogP contribution >= 0.6 is 0 Å². The highest BCUT2D eigenvalue weighted by Gasteiger charge is 2.15. The van der Waals surface area contributed by atoms with Gasteiger partial charge < -0.3 is 18.9 Å². The number of methoxy groups -OCH3 is 3. The average Bonchev–Trinajstić information content (AvgIpc) is 2.67. The van der Waals surface area contributed by atoms with Gasteiger partial charge in [0.05, 0.1) is 32.0 Å². The smallest absolute Gasteiger partial charge is 0.170 e. The molecular formula is C22H25NO4. The summed E-state index contributed by atoms with van der Waals surface area (Å²) < 4.78 is 21.8. The second-order valence-electron chi connectivity index (χ2n) is 6.39. The van der Waals surface area contributed by atoms with Gasteiger partial charge in [0, 0.05) is 18.1 Å². The molecule has 0 amide bonds. The summed E-state index contributed by atoms with van der Waals surface area (Å²) in [5, 5.41) is 1.06. The highest BCUT2D eigenvalue weighted by atomic mass is 16.5. The Labute approximate surface area is 159 Å². The van der Waals surface area contributed by atoms with Gasteiger partial charge in [-0.1, -0.05) is 0 Å². The first-order valence-corrected chi connectivity index (χ1v) is 8.83. The maximum absolute atomic E-state index is 5.72. The molecule has 3 rings (SSSR count). The highest BCUT2D eigenvalue weighted by molar-refractivity contribution is 5.87. The van der Waals surface area contributed by atoms with Crippen LogP contribution in [0, 0.1) is 13.8 Å². The Morgan fingerprint density at radius 1 is 0.889 bits per heavy atom. The molecule has 5 nitrogen and oxygen atoms in total. The lowest BCUT2D eigenvalue weighted by molar-refractivity contribution is 0.146. The van der Waals surface area contributed by atoms with Crippen LogP contribution in [0.3, 0.4) is 0 Å². The molecule has 0 bridgehead atoms. The molecule has 2 aromatic carbocycles. The summed E-state index contributed by atoms with van der Waals surface area (Å²) in [5.74, 6) is 2.20. The van der Waals surface area contributed by atoms with Crippen LogP contribution in [-0.4, -0.2) is 39.5 Å². The Balaban J connectivity index is 2.07. The van der Waals surface area contributed by atoms with E-state index in [1.54, 1.807) is 21.3 Å². The fraction of sp³-hybridized carbons (Fsp3) is 0.318. The minimum atomic E-state index is 0.521. The van der Waals surface area contributed by atoms with Crippen molar-refractivity contribution in [1.29, 1.82) is 0 Å². The lowest BCUT2D eigenvalue weighted by Gasteiger charge is -2.15. The minimum absolute atomic E-state index is 0.521. The van der Waals surface area contributed by atoms with Gasteiger partial charge in [0.1, 0.15) is 12.4 Å². The fourth-order valence-electron chi connectivity index (χ4n) is 3.14. The van der Waals surface area contributed by atoms with E-state index in [1.165, 1.54) is 0 Å². The molecule has 0 radical (unpaired) electrons. The van der Waals surface area contributed by atoms with Crippen molar-refractivity contribution in [2.24, 2.45) is 0 Å². The van der Waals surface area contributed by atoms with Gasteiger partial charge in [-0.15, -0.1) is 0 Å². The van der Waals surface area contributed by atoms with Crippen LogP contribution in [0.5, 0.6) is 17.2 Å². The monoisotopic (exact) mass is 367 g/mol. The topological polar surface area (TPSA) is 49.8 Å². The molecule has 142 valence electrons. The largest absolute Gasteiger partial charge is 0.493 e. The standard InChI is InChI=1S/C22H25NO4/c1-14-10-18(22(26-5)21(11-14)25-4)20-12-15(2)17-13-16(27-9-8-24-3)6-7-19(17)23-20/h6-7,10-13H,8-9H2,1-5H3. The lowest BCUT2D eigenvalue weighted by atomic mass is 10.0. The summed E-state index contributed by atoms with van der Waals surface area (Å²) in [6.07, 6.45) is 0. The number of benzene rings is 2. The molecule has 3 aromatic rings. The quantitative estimate of drug-likeness (QED) is 0.573. The van der Waals surface area contributed by atoms with Crippen molar-refractivity contribution in [3.63, 3.8) is 0 Å². The van der Waals surface area contributed by atoms with Gasteiger partial charge in [-0.3, -0.25) is 0 Å². The predicted molar refractivity (Wildman–Crippen MR) is 107 cm³/mol. The summed E-state index contributed by atoms with van der Waals surface area (Å²) >= 11 is 0. The Morgan fingerprint density at radius 2 is 1.70 bits per heavy atom. The molecule has 1 aromatic heterocycles. The van der Waals surface area contributed by atoms with Gasteiger partial charge in [-0.2, -0.15) is 0 Å². The van der Waals surface area contributed by atoms with E-state index >= 15 is 0 Å². The molecule has 1 heterocycles. The summed E-state index contributed by atoms with van der Waals surface area (Å²) in [6, 6.07) is 12.0. The van der Waals surface area contributed by atoms with Crippen molar-refractivity contribution in [1.82, 2.24) is 4.98 Å². The summed E-state index contributed by atoms with van der Waals surface area (Å²) in [5.41, 5.74) is 4.89. The molecule has 0 fully saturated rings. The third-order valence-electron chi connectivity index (χ3n) is 4.44. The minimum Gasteiger partial charge on any atom is -0.493 e. The predicted octanol–water partition coefficient (Wildman–Crippen LogP) is 4.56. The number of nitrogens with zero attached hydrogens (tertiary/aromatic N) is 1. The Bertz CT molecular complexity index is 953. The van der Waals surface area contributed by atoms with Crippen LogP contribution in [0.15, 0.2) is 36.4 Å². The van der Waals surface area contributed by atoms with E-state index in [-0.39, 0.29) is 0 Å². The zero-order valence-electron chi connectivity index (χ0n) is 16.5. The van der Waals surface area contributed by atoms with E-state index in [0.717, 1.165) is 39.0 Å². The van der Waals surface area contributed by atoms with Crippen LogP contribution in [-0.2, 0) is 4.74 Å². The molecular weight excluding hydrogens is 342 g/mol. The molecule has 0 atom stereocenters. The van der Waals surface area contributed by atoms with Crippen molar-refractivity contribution in [3.8, 4) is 28.5 Å². The van der Waals surface area contributed by atoms with Gasteiger partial charge in [-0.05, 0) is 61.4 Å². The molecule has 0 aliphatic carbocycles. The Morgan fingerprint density at radius 3 is 2.41 bits per heavy atom. The second-order valence-corrected chi connectivity index (χ2v) is 6.39. The van der Waals surface area contributed by atoms with Crippen molar-refractivity contribution in [3.05, 3.63) is 47.5 Å². The SMILES string of the molecule is COCCOc1ccc2nc(-c3cc(C)cc(OC)c3OC)cc(C)c2c1. The van der Waals surface area contributed by atoms with Crippen LogP contribution in [0.1, 0.15) is 11.1 Å². The summed E-state index contributed by atoms with van der Waals surface area (Å²) in [7, 11) is 4.95. The molecule has 27 heavy (non-hydrogen) atoms. The zero-order chi connectivity index (χ0) is 19.4. The Kier molecular flexibility index (Phi) is 5.81. The van der Waals surface area contributed by atoms with Crippen LogP contribution < -0.4 is 14.2 Å². The van der Waals surface area contributed by atoms with Gasteiger partial charge in [-0.25, -0.2) is 4.98 Å². The number of hydrogen-bond donors (Lipinski definition) is 0. The van der Waals surface area contributed by atoms with Gasteiger partial charge in [0.25, 0.3) is 0 Å². The van der Waals surface area contributed by atoms with E-state index in [1.807, 2.05) is 31.2 Å². The number of hydrogen-bond acceptors (Lipinski definition) is 5. The van der Waals surface area contributed by atoms with E-state index in [0.29, 0.717) is 24.7 Å². The van der Waals surface area contributed by atoms with Crippen LogP contribution in [0.4, 0.5) is 0 Å². The van der Waals surface area contributed by atoms with E-state index in [9.17, 15) is 0 Å². The molecule has 0 N–H and O–H groups in total. The van der Waals surface area contributed by atoms with Crippen molar-refractivity contribution in [2.75, 3.05) is 34.5 Å². The molecule has 0 aliphatic heterocycles. The summed E-state index contributed by atoms with van der Waals surface area (Å²) in [6.45, 7) is 5.19. The number of ether oxygens (including phenoxy) is 4. The number of rotatable bonds is 7. The third kappa shape index (κ3) is 3.98. The van der Waals surface area contributed by atoms with Gasteiger partial charge >= 0.3 is 0 Å². The first-order valence-electron chi connectivity index (χ1n) is 8.83. The van der Waals surface area contributed by atoms with Gasteiger partial charge in [0.2, 0.25) is 0 Å². The third-order valence-corrected chi connectivity index (χ3v) is 4.44. The van der Waals surface area contributed by atoms with Crippen LogP contribution in [0.2, 0.25) is 0 Å². The first-order chi connectivity index (χ1) is 13.1. The van der Waals surface area contributed by atoms with Crippen LogP contribution in [0.25, 0.3) is 22.2 Å². The van der Waals surface area contributed by atoms with E-state index in [4.69, 9.17) is 23.9 Å².